The minimum absolute atomic E-state index is 0.683. The number of rotatable bonds is 3. The van der Waals surface area contributed by atoms with Gasteiger partial charge in [0.1, 0.15) is 0 Å². The fraction of sp³-hybridized carbons (Fsp3) is 1.00. The average Bonchev–Trinajstić information content (AvgIpc) is 2.34. The molecule has 4 N–H and O–H groups in total. The highest BCUT2D eigenvalue weighted by atomic mass is 127. The lowest BCUT2D eigenvalue weighted by Crippen LogP contribution is -2.24. The molecule has 0 heterocycles. The first-order chi connectivity index (χ1) is 7.77. The molecule has 1 aliphatic carbocycles. The Balaban J connectivity index is 2.35. The summed E-state index contributed by atoms with van der Waals surface area (Å²) in [5.74, 6) is 1.65. The molecule has 16 heavy (non-hydrogen) atoms. The average molecular weight is 338 g/mol. The minimum atomic E-state index is 0.683. The first-order valence-electron chi connectivity index (χ1n) is 6.82. The van der Waals surface area contributed by atoms with E-state index in [2.05, 4.69) is 22.6 Å². The van der Waals surface area contributed by atoms with Crippen molar-refractivity contribution in [3.05, 3.63) is 0 Å². The zero-order valence-corrected chi connectivity index (χ0v) is 12.5. The number of hydrogen-bond donors (Lipinski definition) is 2. The molecular weight excluding hydrogens is 311 g/mol. The molecule has 3 heteroatoms. The van der Waals surface area contributed by atoms with Crippen molar-refractivity contribution in [1.82, 2.24) is 0 Å². The highest BCUT2D eigenvalue weighted by molar-refractivity contribution is 14.1. The molecule has 0 bridgehead atoms. The van der Waals surface area contributed by atoms with Crippen LogP contribution < -0.4 is 11.5 Å². The molecule has 0 aromatic rings. The van der Waals surface area contributed by atoms with Crippen molar-refractivity contribution in [3.63, 3.8) is 0 Å². The number of nitrogens with two attached hydrogens (primary N) is 2. The van der Waals surface area contributed by atoms with Gasteiger partial charge in [0.25, 0.3) is 0 Å². The van der Waals surface area contributed by atoms with Crippen LogP contribution in [0.1, 0.15) is 51.4 Å². The molecular formula is C13H27IN2. The Morgan fingerprint density at radius 3 is 1.88 bits per heavy atom. The molecule has 0 spiro atoms. The van der Waals surface area contributed by atoms with Crippen LogP contribution in [0.5, 0.6) is 0 Å². The van der Waals surface area contributed by atoms with E-state index in [1.165, 1.54) is 51.4 Å². The second kappa shape index (κ2) is 8.70. The van der Waals surface area contributed by atoms with E-state index < -0.39 is 0 Å². The van der Waals surface area contributed by atoms with Gasteiger partial charge in [0.05, 0.1) is 0 Å². The van der Waals surface area contributed by atoms with Crippen molar-refractivity contribution in [2.24, 2.45) is 23.3 Å². The van der Waals surface area contributed by atoms with Gasteiger partial charge < -0.3 is 11.5 Å². The topological polar surface area (TPSA) is 52.0 Å². The molecule has 0 amide bonds. The third-order valence-corrected chi connectivity index (χ3v) is 5.47. The van der Waals surface area contributed by atoms with Crippen LogP contribution in [0.4, 0.5) is 0 Å². The fourth-order valence-corrected chi connectivity index (χ4v) is 3.48. The van der Waals surface area contributed by atoms with Crippen LogP contribution in [-0.2, 0) is 0 Å². The lowest BCUT2D eigenvalue weighted by molar-refractivity contribution is 0.345. The number of hydrogen-bond acceptors (Lipinski definition) is 2. The summed E-state index contributed by atoms with van der Waals surface area (Å²) in [5, 5.41) is 0. The van der Waals surface area contributed by atoms with Crippen LogP contribution in [0, 0.1) is 11.8 Å². The first kappa shape index (κ1) is 14.7. The third kappa shape index (κ3) is 5.32. The Morgan fingerprint density at radius 2 is 1.44 bits per heavy atom. The van der Waals surface area contributed by atoms with E-state index in [-0.39, 0.29) is 0 Å². The molecule has 0 saturated heterocycles. The maximum atomic E-state index is 5.79. The summed E-state index contributed by atoms with van der Waals surface area (Å²) in [5.41, 5.74) is 11.6. The number of halogens is 1. The van der Waals surface area contributed by atoms with Crippen molar-refractivity contribution < 1.29 is 0 Å². The van der Waals surface area contributed by atoms with Gasteiger partial charge in [-0.15, -0.1) is 0 Å². The molecule has 1 aliphatic rings. The van der Waals surface area contributed by atoms with Gasteiger partial charge in [0.15, 0.2) is 0 Å². The van der Waals surface area contributed by atoms with E-state index in [0.717, 1.165) is 24.9 Å². The second-order valence-corrected chi connectivity index (χ2v) is 6.78. The highest BCUT2D eigenvalue weighted by Crippen LogP contribution is 2.28. The van der Waals surface area contributed by atoms with Gasteiger partial charge in [0.2, 0.25) is 0 Å². The molecule has 1 unspecified atom stereocenters. The highest BCUT2D eigenvalue weighted by Gasteiger charge is 2.18. The third-order valence-electron chi connectivity index (χ3n) is 3.94. The van der Waals surface area contributed by atoms with E-state index in [1.807, 2.05) is 0 Å². The van der Waals surface area contributed by atoms with Crippen LogP contribution in [0.2, 0.25) is 0 Å². The molecule has 1 fully saturated rings. The van der Waals surface area contributed by atoms with E-state index in [1.54, 1.807) is 0 Å². The van der Waals surface area contributed by atoms with Crippen molar-refractivity contribution >= 4 is 22.6 Å². The quantitative estimate of drug-likeness (QED) is 0.614. The summed E-state index contributed by atoms with van der Waals surface area (Å²) in [6.07, 6.45) is 10.9. The maximum Gasteiger partial charge on any atom is 0.0260 e. The van der Waals surface area contributed by atoms with Gasteiger partial charge in [-0.3, -0.25) is 0 Å². The smallest absolute Gasteiger partial charge is 0.0260 e. The maximum absolute atomic E-state index is 5.79. The normalized spacial score (nSPS) is 30.9. The van der Waals surface area contributed by atoms with Gasteiger partial charge in [-0.1, -0.05) is 48.3 Å². The predicted molar refractivity (Wildman–Crippen MR) is 79.8 cm³/mol. The van der Waals surface area contributed by atoms with Gasteiger partial charge in [-0.05, 0) is 44.1 Å². The molecule has 0 radical (unpaired) electrons. The van der Waals surface area contributed by atoms with Crippen LogP contribution in [-0.4, -0.2) is 17.0 Å². The lowest BCUT2D eigenvalue weighted by Gasteiger charge is -2.24. The largest absolute Gasteiger partial charge is 0.330 e. The van der Waals surface area contributed by atoms with Crippen LogP contribution >= 0.6 is 22.6 Å². The lowest BCUT2D eigenvalue weighted by atomic mass is 9.87. The van der Waals surface area contributed by atoms with Crippen molar-refractivity contribution in [3.8, 4) is 0 Å². The van der Waals surface area contributed by atoms with Crippen molar-refractivity contribution in [1.29, 1.82) is 0 Å². The Morgan fingerprint density at radius 1 is 0.938 bits per heavy atom. The van der Waals surface area contributed by atoms with Crippen molar-refractivity contribution in [2.75, 3.05) is 13.1 Å². The standard InChI is InChI=1S/C13H27IN2/c14-13(10-16)12-7-3-1-5-11(9-15)6-2-4-8-12/h11-13H,1-10,15-16H2. The predicted octanol–water partition coefficient (Wildman–Crippen LogP) is 3.07. The molecule has 1 rings (SSSR count). The Bertz CT molecular complexity index is 163. The van der Waals surface area contributed by atoms with Gasteiger partial charge in [0, 0.05) is 10.5 Å². The van der Waals surface area contributed by atoms with Crippen LogP contribution in [0.3, 0.4) is 0 Å². The van der Waals surface area contributed by atoms with Gasteiger partial charge in [-0.25, -0.2) is 0 Å². The second-order valence-electron chi connectivity index (χ2n) is 5.18. The summed E-state index contributed by atoms with van der Waals surface area (Å²) < 4.78 is 0.683. The zero-order chi connectivity index (χ0) is 11.8. The molecule has 2 nitrogen and oxygen atoms in total. The monoisotopic (exact) mass is 338 g/mol. The Hall–Kier alpha value is 0.650. The minimum Gasteiger partial charge on any atom is -0.330 e. The van der Waals surface area contributed by atoms with E-state index in [4.69, 9.17) is 11.5 Å². The molecule has 0 aromatic carbocycles. The van der Waals surface area contributed by atoms with E-state index >= 15 is 0 Å². The van der Waals surface area contributed by atoms with Gasteiger partial charge >= 0.3 is 0 Å². The summed E-state index contributed by atoms with van der Waals surface area (Å²) in [6, 6.07) is 0. The van der Waals surface area contributed by atoms with Gasteiger partial charge in [-0.2, -0.15) is 0 Å². The van der Waals surface area contributed by atoms with E-state index in [9.17, 15) is 0 Å². The molecule has 1 atom stereocenters. The van der Waals surface area contributed by atoms with Crippen LogP contribution in [0.15, 0.2) is 0 Å². The summed E-state index contributed by atoms with van der Waals surface area (Å²) >= 11 is 2.54. The fourth-order valence-electron chi connectivity index (χ4n) is 2.76. The molecule has 0 aromatic heterocycles. The molecule has 0 aliphatic heterocycles. The molecule has 96 valence electrons. The zero-order valence-electron chi connectivity index (χ0n) is 10.3. The Labute approximate surface area is 114 Å². The Kier molecular flexibility index (Phi) is 8.00. The first-order valence-corrected chi connectivity index (χ1v) is 8.06. The summed E-state index contributed by atoms with van der Waals surface area (Å²) in [4.78, 5) is 0. The SMILES string of the molecule is NCC1CCCCC(C(I)CN)CCCC1. The molecule has 1 saturated carbocycles. The van der Waals surface area contributed by atoms with Crippen molar-refractivity contribution in [2.45, 2.75) is 55.3 Å². The van der Waals surface area contributed by atoms with E-state index in [0.29, 0.717) is 3.92 Å². The number of alkyl halides is 1. The summed E-state index contributed by atoms with van der Waals surface area (Å²) in [7, 11) is 0. The van der Waals surface area contributed by atoms with Crippen LogP contribution in [0.25, 0.3) is 0 Å². The summed E-state index contributed by atoms with van der Waals surface area (Å²) in [6.45, 7) is 1.73.